The van der Waals surface area contributed by atoms with Gasteiger partial charge in [-0.3, -0.25) is 10.1 Å². The van der Waals surface area contributed by atoms with Crippen LogP contribution in [-0.4, -0.2) is 33.3 Å². The molecule has 134 valence electrons. The Labute approximate surface area is 152 Å². The molecule has 0 saturated carbocycles. The molecule has 3 amide bonds. The summed E-state index contributed by atoms with van der Waals surface area (Å²) in [5.41, 5.74) is 1.86. The van der Waals surface area contributed by atoms with Gasteiger partial charge in [-0.25, -0.2) is 9.78 Å². The third-order valence-electron chi connectivity index (χ3n) is 3.49. The second-order valence-corrected chi connectivity index (χ2v) is 7.44. The molecule has 0 bridgehead atoms. The number of amides is 3. The number of imidazole rings is 1. The average molecular weight is 360 g/mol. The molecule has 1 aromatic carbocycles. The molecule has 1 heterocycles. The number of rotatable bonds is 7. The van der Waals surface area contributed by atoms with Gasteiger partial charge in [0, 0.05) is 13.1 Å². The first-order chi connectivity index (χ1) is 11.9. The van der Waals surface area contributed by atoms with Crippen molar-refractivity contribution in [3.63, 3.8) is 0 Å². The SMILES string of the molecule is C=CCn1c(SC(C)C(=O)NC(=O)NCC(C)C)nc2ccccc21. The number of nitrogens with one attached hydrogen (secondary N) is 2. The number of fused-ring (bicyclic) bond motifs is 1. The van der Waals surface area contributed by atoms with Crippen LogP contribution >= 0.6 is 11.8 Å². The minimum absolute atomic E-state index is 0.325. The molecule has 25 heavy (non-hydrogen) atoms. The van der Waals surface area contributed by atoms with Gasteiger partial charge in [0.25, 0.3) is 0 Å². The van der Waals surface area contributed by atoms with E-state index in [9.17, 15) is 9.59 Å². The lowest BCUT2D eigenvalue weighted by Gasteiger charge is -2.13. The maximum absolute atomic E-state index is 12.2. The van der Waals surface area contributed by atoms with Crippen molar-refractivity contribution in [3.05, 3.63) is 36.9 Å². The number of hydrogen-bond donors (Lipinski definition) is 2. The van der Waals surface area contributed by atoms with Crippen LogP contribution in [0.25, 0.3) is 11.0 Å². The van der Waals surface area contributed by atoms with Gasteiger partial charge in [-0.15, -0.1) is 6.58 Å². The topological polar surface area (TPSA) is 76.0 Å². The van der Waals surface area contributed by atoms with Crippen LogP contribution < -0.4 is 10.6 Å². The third-order valence-corrected chi connectivity index (χ3v) is 4.58. The van der Waals surface area contributed by atoms with E-state index in [1.165, 1.54) is 11.8 Å². The summed E-state index contributed by atoms with van der Waals surface area (Å²) < 4.78 is 2.01. The molecule has 0 aliphatic carbocycles. The lowest BCUT2D eigenvalue weighted by Crippen LogP contribution is -2.43. The van der Waals surface area contributed by atoms with Gasteiger partial charge in [-0.2, -0.15) is 0 Å². The van der Waals surface area contributed by atoms with Crippen LogP contribution in [0.4, 0.5) is 4.79 Å². The highest BCUT2D eigenvalue weighted by Gasteiger charge is 2.20. The van der Waals surface area contributed by atoms with Crippen LogP contribution in [-0.2, 0) is 11.3 Å². The summed E-state index contributed by atoms with van der Waals surface area (Å²) in [5, 5.41) is 5.32. The number of nitrogens with zero attached hydrogens (tertiary/aromatic N) is 2. The summed E-state index contributed by atoms with van der Waals surface area (Å²) in [6, 6.07) is 7.33. The number of aromatic nitrogens is 2. The fourth-order valence-corrected chi connectivity index (χ4v) is 3.15. The van der Waals surface area contributed by atoms with E-state index < -0.39 is 11.3 Å². The lowest BCUT2D eigenvalue weighted by molar-refractivity contribution is -0.119. The largest absolute Gasteiger partial charge is 0.338 e. The van der Waals surface area contributed by atoms with Crippen molar-refractivity contribution in [2.45, 2.75) is 37.7 Å². The number of benzene rings is 1. The molecule has 0 radical (unpaired) electrons. The van der Waals surface area contributed by atoms with Crippen molar-refractivity contribution in [2.24, 2.45) is 5.92 Å². The highest BCUT2D eigenvalue weighted by Crippen LogP contribution is 2.27. The Hall–Kier alpha value is -2.28. The first-order valence-corrected chi connectivity index (χ1v) is 9.11. The molecule has 7 heteroatoms. The van der Waals surface area contributed by atoms with Crippen molar-refractivity contribution in [3.8, 4) is 0 Å². The van der Waals surface area contributed by atoms with Gasteiger partial charge in [-0.1, -0.05) is 43.8 Å². The summed E-state index contributed by atoms with van der Waals surface area (Å²) in [7, 11) is 0. The molecule has 0 fully saturated rings. The van der Waals surface area contributed by atoms with Crippen LogP contribution in [0.3, 0.4) is 0 Å². The van der Waals surface area contributed by atoms with Crippen LogP contribution in [0.1, 0.15) is 20.8 Å². The second kappa shape index (κ2) is 8.71. The average Bonchev–Trinajstić information content (AvgIpc) is 2.91. The minimum Gasteiger partial charge on any atom is -0.338 e. The van der Waals surface area contributed by atoms with Gasteiger partial charge in [0.1, 0.15) is 0 Å². The van der Waals surface area contributed by atoms with Gasteiger partial charge < -0.3 is 9.88 Å². The standard InChI is InChI=1S/C18H24N4O2S/c1-5-10-22-15-9-7-6-8-14(15)20-18(22)25-13(4)16(23)21-17(24)19-11-12(2)3/h5-9,12-13H,1,10-11H2,2-4H3,(H2,19,21,23,24). The van der Waals surface area contributed by atoms with Gasteiger partial charge in [0.15, 0.2) is 5.16 Å². The van der Waals surface area contributed by atoms with Gasteiger partial charge in [-0.05, 0) is 25.0 Å². The Kier molecular flexibility index (Phi) is 6.64. The Morgan fingerprint density at radius 2 is 2.04 bits per heavy atom. The van der Waals surface area contributed by atoms with Gasteiger partial charge in [0.2, 0.25) is 5.91 Å². The second-order valence-electron chi connectivity index (χ2n) is 6.14. The highest BCUT2D eigenvalue weighted by atomic mass is 32.2. The van der Waals surface area contributed by atoms with E-state index in [0.717, 1.165) is 16.2 Å². The summed E-state index contributed by atoms with van der Waals surface area (Å²) >= 11 is 1.32. The number of carbonyl (C=O) groups excluding carboxylic acids is 2. The van der Waals surface area contributed by atoms with E-state index in [4.69, 9.17) is 0 Å². The number of thioether (sulfide) groups is 1. The number of carbonyl (C=O) groups is 2. The van der Waals surface area contributed by atoms with Crippen molar-refractivity contribution >= 4 is 34.7 Å². The van der Waals surface area contributed by atoms with Crippen molar-refractivity contribution in [2.75, 3.05) is 6.54 Å². The molecule has 2 aromatic rings. The molecule has 2 N–H and O–H groups in total. The number of imide groups is 1. The maximum atomic E-state index is 12.2. The molecule has 0 spiro atoms. The van der Waals surface area contributed by atoms with Crippen molar-refractivity contribution in [1.29, 1.82) is 0 Å². The van der Waals surface area contributed by atoms with Crippen LogP contribution in [0.15, 0.2) is 42.1 Å². The normalized spacial score (nSPS) is 12.2. The molecular weight excluding hydrogens is 336 g/mol. The van der Waals surface area contributed by atoms with E-state index in [1.807, 2.05) is 42.7 Å². The first-order valence-electron chi connectivity index (χ1n) is 8.24. The maximum Gasteiger partial charge on any atom is 0.321 e. The quantitative estimate of drug-likeness (QED) is 0.587. The van der Waals surface area contributed by atoms with E-state index >= 15 is 0 Å². The smallest absolute Gasteiger partial charge is 0.321 e. The van der Waals surface area contributed by atoms with Crippen LogP contribution in [0.2, 0.25) is 0 Å². The predicted molar refractivity (Wildman–Crippen MR) is 102 cm³/mol. The molecule has 0 saturated heterocycles. The molecule has 0 aliphatic rings. The van der Waals surface area contributed by atoms with Crippen LogP contribution in [0, 0.1) is 5.92 Å². The predicted octanol–water partition coefficient (Wildman–Crippen LogP) is 3.18. The van der Waals surface area contributed by atoms with Crippen molar-refractivity contribution < 1.29 is 9.59 Å². The number of para-hydroxylation sites is 2. The Bertz CT molecular complexity index is 770. The molecular formula is C18H24N4O2S. The fourth-order valence-electron chi connectivity index (χ4n) is 2.22. The van der Waals surface area contributed by atoms with Gasteiger partial charge >= 0.3 is 6.03 Å². The summed E-state index contributed by atoms with van der Waals surface area (Å²) in [5.74, 6) is -0.0186. The molecule has 1 unspecified atom stereocenters. The zero-order valence-electron chi connectivity index (χ0n) is 14.8. The van der Waals surface area contributed by atoms with Crippen molar-refractivity contribution in [1.82, 2.24) is 20.2 Å². The molecule has 2 rings (SSSR count). The Morgan fingerprint density at radius 1 is 1.32 bits per heavy atom. The molecule has 0 aliphatic heterocycles. The monoisotopic (exact) mass is 360 g/mol. The summed E-state index contributed by atoms with van der Waals surface area (Å²) in [6.07, 6.45) is 1.79. The third kappa shape index (κ3) is 5.09. The molecule has 6 nitrogen and oxygen atoms in total. The zero-order valence-corrected chi connectivity index (χ0v) is 15.6. The van der Waals surface area contributed by atoms with E-state index in [1.54, 1.807) is 13.0 Å². The number of hydrogen-bond acceptors (Lipinski definition) is 4. The van der Waals surface area contributed by atoms with E-state index in [-0.39, 0.29) is 5.91 Å². The zero-order chi connectivity index (χ0) is 18.4. The first kappa shape index (κ1) is 19.1. The fraction of sp³-hybridized carbons (Fsp3) is 0.389. The minimum atomic E-state index is -0.467. The van der Waals surface area contributed by atoms with Gasteiger partial charge in [0.05, 0.1) is 16.3 Å². The van der Waals surface area contributed by atoms with E-state index in [2.05, 4.69) is 22.2 Å². The highest BCUT2D eigenvalue weighted by molar-refractivity contribution is 8.00. The molecule has 1 atom stereocenters. The lowest BCUT2D eigenvalue weighted by atomic mass is 10.2. The van der Waals surface area contributed by atoms with Crippen LogP contribution in [0.5, 0.6) is 0 Å². The summed E-state index contributed by atoms with van der Waals surface area (Å²) in [4.78, 5) is 28.6. The Morgan fingerprint density at radius 3 is 2.72 bits per heavy atom. The number of urea groups is 1. The number of allylic oxidation sites excluding steroid dienone is 1. The van der Waals surface area contributed by atoms with E-state index in [0.29, 0.717) is 19.0 Å². The summed E-state index contributed by atoms with van der Waals surface area (Å²) in [6.45, 7) is 10.6. The molecule has 1 aromatic heterocycles. The Balaban J connectivity index is 2.06.